The number of aromatic nitrogens is 3. The Bertz CT molecular complexity index is 1360. The average Bonchev–Trinajstić information content (AvgIpc) is 3.63. The summed E-state index contributed by atoms with van der Waals surface area (Å²) in [6.45, 7) is 3.56. The molecule has 2 amide bonds. The average molecular weight is 530 g/mol. The normalized spacial score (nSPS) is 21.5. The zero-order valence-corrected chi connectivity index (χ0v) is 21.2. The molecule has 8 nitrogen and oxygen atoms in total. The Hall–Kier alpha value is -3.63. The molecule has 2 saturated carbocycles. The maximum atomic E-state index is 14.6. The maximum Gasteiger partial charge on any atom is 0.263 e. The summed E-state index contributed by atoms with van der Waals surface area (Å²) in [5.74, 6) is 0.193. The van der Waals surface area contributed by atoms with Gasteiger partial charge in [-0.2, -0.15) is 0 Å². The van der Waals surface area contributed by atoms with Crippen LogP contribution in [-0.4, -0.2) is 51.6 Å². The van der Waals surface area contributed by atoms with Crippen molar-refractivity contribution in [2.45, 2.75) is 70.6 Å². The highest BCUT2D eigenvalue weighted by Crippen LogP contribution is 2.38. The molecule has 0 saturated heterocycles. The maximum absolute atomic E-state index is 14.6. The summed E-state index contributed by atoms with van der Waals surface area (Å²) in [5, 5.41) is 5.51. The molecule has 0 radical (unpaired) electrons. The highest BCUT2D eigenvalue weighted by atomic mass is 19.3. The van der Waals surface area contributed by atoms with Crippen molar-refractivity contribution in [2.75, 3.05) is 6.61 Å². The first-order valence-corrected chi connectivity index (χ1v) is 12.8. The number of H-pyrrole nitrogens is 1. The number of halogens is 3. The molecular formula is C27H30F3N5O3. The molecule has 2 aliphatic rings. The molecule has 3 atom stereocenters. The van der Waals surface area contributed by atoms with E-state index in [4.69, 9.17) is 4.74 Å². The molecule has 2 aromatic heterocycles. The summed E-state index contributed by atoms with van der Waals surface area (Å²) in [6, 6.07) is 3.26. The van der Waals surface area contributed by atoms with E-state index in [1.54, 1.807) is 6.92 Å². The molecule has 2 heterocycles. The van der Waals surface area contributed by atoms with E-state index >= 15 is 0 Å². The molecule has 3 aromatic rings. The zero-order chi connectivity index (χ0) is 27.0. The number of nitrogens with one attached hydrogen (secondary N) is 3. The molecule has 0 aliphatic heterocycles. The van der Waals surface area contributed by atoms with Crippen molar-refractivity contribution in [3.63, 3.8) is 0 Å². The van der Waals surface area contributed by atoms with Gasteiger partial charge in [0.25, 0.3) is 12.3 Å². The molecule has 38 heavy (non-hydrogen) atoms. The van der Waals surface area contributed by atoms with Crippen LogP contribution in [0.25, 0.3) is 22.3 Å². The number of rotatable bonds is 8. The fourth-order valence-electron chi connectivity index (χ4n) is 5.02. The first-order chi connectivity index (χ1) is 18.2. The Morgan fingerprint density at radius 2 is 1.95 bits per heavy atom. The second kappa shape index (κ2) is 10.6. The van der Waals surface area contributed by atoms with Gasteiger partial charge in [0.15, 0.2) is 0 Å². The second-order valence-corrected chi connectivity index (χ2v) is 10.2. The van der Waals surface area contributed by atoms with Crippen LogP contribution >= 0.6 is 0 Å². The summed E-state index contributed by atoms with van der Waals surface area (Å²) in [4.78, 5) is 36.4. The highest BCUT2D eigenvalue weighted by Gasteiger charge is 2.33. The van der Waals surface area contributed by atoms with Crippen molar-refractivity contribution < 1.29 is 27.5 Å². The molecule has 3 N–H and O–H groups in total. The van der Waals surface area contributed by atoms with Crippen molar-refractivity contribution in [3.05, 3.63) is 41.3 Å². The molecule has 1 aromatic carbocycles. The molecule has 5 rings (SSSR count). The minimum atomic E-state index is -2.67. The first-order valence-electron chi connectivity index (χ1n) is 12.8. The second-order valence-electron chi connectivity index (χ2n) is 10.2. The monoisotopic (exact) mass is 529 g/mol. The van der Waals surface area contributed by atoms with Gasteiger partial charge in [-0.05, 0) is 56.7 Å². The van der Waals surface area contributed by atoms with Gasteiger partial charge in [0.2, 0.25) is 5.91 Å². The summed E-state index contributed by atoms with van der Waals surface area (Å²) < 4.78 is 47.7. The molecule has 0 bridgehead atoms. The Labute approximate surface area is 217 Å². The van der Waals surface area contributed by atoms with Crippen LogP contribution in [0.3, 0.4) is 0 Å². The number of hydrogen-bond donors (Lipinski definition) is 3. The van der Waals surface area contributed by atoms with Crippen LogP contribution in [0.1, 0.15) is 67.1 Å². The van der Waals surface area contributed by atoms with E-state index in [0.29, 0.717) is 59.1 Å². The van der Waals surface area contributed by atoms with E-state index in [0.717, 1.165) is 12.8 Å². The Morgan fingerprint density at radius 1 is 1.16 bits per heavy atom. The topological polar surface area (TPSA) is 109 Å². The van der Waals surface area contributed by atoms with E-state index in [1.165, 1.54) is 31.5 Å². The summed E-state index contributed by atoms with van der Waals surface area (Å²) >= 11 is 0. The lowest BCUT2D eigenvalue weighted by atomic mass is 9.89. The van der Waals surface area contributed by atoms with Gasteiger partial charge in [-0.25, -0.2) is 23.1 Å². The van der Waals surface area contributed by atoms with Gasteiger partial charge < -0.3 is 20.4 Å². The van der Waals surface area contributed by atoms with Gasteiger partial charge in [0.05, 0.1) is 23.7 Å². The number of carbonyl (C=O) groups is 2. The van der Waals surface area contributed by atoms with E-state index in [9.17, 15) is 22.8 Å². The molecule has 2 fully saturated rings. The number of fused-ring (bicyclic) bond motifs is 1. The smallest absolute Gasteiger partial charge is 0.263 e. The number of amides is 2. The molecule has 2 aliphatic carbocycles. The third-order valence-electron chi connectivity index (χ3n) is 7.18. The number of ether oxygens (including phenoxy) is 1. The largest absolute Gasteiger partial charge is 0.493 e. The minimum Gasteiger partial charge on any atom is -0.493 e. The van der Waals surface area contributed by atoms with Gasteiger partial charge in [-0.3, -0.25) is 9.59 Å². The number of aryl methyl sites for hydroxylation is 1. The van der Waals surface area contributed by atoms with Gasteiger partial charge in [0.1, 0.15) is 29.5 Å². The third-order valence-corrected chi connectivity index (χ3v) is 7.18. The van der Waals surface area contributed by atoms with Crippen LogP contribution in [0, 0.1) is 12.8 Å². The number of hydrogen-bond acceptors (Lipinski definition) is 5. The van der Waals surface area contributed by atoms with E-state index in [1.807, 2.05) is 0 Å². The lowest BCUT2D eigenvalue weighted by Gasteiger charge is -2.32. The lowest BCUT2D eigenvalue weighted by molar-refractivity contribution is -0.120. The first kappa shape index (κ1) is 26.0. The number of benzene rings is 1. The number of alkyl halides is 3. The number of aromatic amines is 1. The summed E-state index contributed by atoms with van der Waals surface area (Å²) in [7, 11) is 0. The zero-order valence-electron chi connectivity index (χ0n) is 21.2. The van der Waals surface area contributed by atoms with Crippen LogP contribution in [0.2, 0.25) is 0 Å². The van der Waals surface area contributed by atoms with Crippen LogP contribution in [0.4, 0.5) is 13.2 Å². The van der Waals surface area contributed by atoms with Crippen molar-refractivity contribution in [3.8, 4) is 17.0 Å². The Kier molecular flexibility index (Phi) is 7.27. The highest BCUT2D eigenvalue weighted by molar-refractivity contribution is 6.09. The summed E-state index contributed by atoms with van der Waals surface area (Å²) in [6.07, 6.45) is 0.513. The SMILES string of the molecule is CC(=O)N[C@H]1CC[C@@H](NC(=O)c2c(C)[nH]c3c(-c4cc(C(F)F)ccc4OCC4CC4)ncnc23)C[C@H]1F. The summed E-state index contributed by atoms with van der Waals surface area (Å²) in [5.41, 5.74) is 2.15. The minimum absolute atomic E-state index is 0.0838. The Balaban J connectivity index is 1.43. The van der Waals surface area contributed by atoms with Gasteiger partial charge in [-0.15, -0.1) is 0 Å². The number of carbonyl (C=O) groups excluding carboxylic acids is 2. The predicted octanol–water partition coefficient (Wildman–Crippen LogP) is 4.78. The van der Waals surface area contributed by atoms with Gasteiger partial charge in [-0.1, -0.05) is 0 Å². The van der Waals surface area contributed by atoms with Gasteiger partial charge >= 0.3 is 0 Å². The van der Waals surface area contributed by atoms with E-state index in [-0.39, 0.29) is 23.5 Å². The van der Waals surface area contributed by atoms with Crippen LogP contribution in [0.5, 0.6) is 5.75 Å². The van der Waals surface area contributed by atoms with Crippen LogP contribution in [0.15, 0.2) is 24.5 Å². The van der Waals surface area contributed by atoms with Crippen molar-refractivity contribution in [1.82, 2.24) is 25.6 Å². The quantitative estimate of drug-likeness (QED) is 0.389. The number of nitrogens with zero attached hydrogens (tertiary/aromatic N) is 2. The van der Waals surface area contributed by atoms with Crippen molar-refractivity contribution in [1.29, 1.82) is 0 Å². The molecule has 202 valence electrons. The fraction of sp³-hybridized carbons (Fsp3) is 0.481. The standard InChI is InChI=1S/C27H30F3N5O3/c1-13-22(27(37)35-17-6-7-20(19(28)10-17)34-14(2)36)24-25(33-13)23(31-12-32-24)18-9-16(26(29)30)5-8-21(18)38-11-15-3-4-15/h5,8-9,12,15,17,19-20,26,33H,3-4,6-7,10-11H2,1-2H3,(H,34,36)(H,35,37)/t17-,19-,20+/m1/s1. The van der Waals surface area contributed by atoms with E-state index in [2.05, 4.69) is 25.6 Å². The van der Waals surface area contributed by atoms with Crippen molar-refractivity contribution >= 4 is 22.8 Å². The van der Waals surface area contributed by atoms with Crippen molar-refractivity contribution in [2.24, 2.45) is 5.92 Å². The molecule has 0 spiro atoms. The molecular weight excluding hydrogens is 499 g/mol. The predicted molar refractivity (Wildman–Crippen MR) is 135 cm³/mol. The van der Waals surface area contributed by atoms with Crippen LogP contribution < -0.4 is 15.4 Å². The molecule has 11 heteroatoms. The van der Waals surface area contributed by atoms with Gasteiger partial charge in [0, 0.05) is 36.2 Å². The van der Waals surface area contributed by atoms with E-state index < -0.39 is 30.6 Å². The third kappa shape index (κ3) is 5.46. The lowest BCUT2D eigenvalue weighted by Crippen LogP contribution is -2.49. The van der Waals surface area contributed by atoms with Crippen LogP contribution in [-0.2, 0) is 4.79 Å². The molecule has 0 unspecified atom stereocenters. The fourth-order valence-corrected chi connectivity index (χ4v) is 5.02. The Morgan fingerprint density at radius 3 is 2.63 bits per heavy atom.